The highest BCUT2D eigenvalue weighted by Gasteiger charge is 2.23. The molecule has 1 unspecified atom stereocenters. The van der Waals surface area contributed by atoms with Crippen LogP contribution in [0.4, 0.5) is 0 Å². The number of halogens is 2. The number of nitrogens with zero attached hydrogens (tertiary/aromatic N) is 2. The van der Waals surface area contributed by atoms with Crippen LogP contribution >= 0.6 is 28.3 Å². The van der Waals surface area contributed by atoms with Gasteiger partial charge in [0.05, 0.1) is 0 Å². The lowest BCUT2D eigenvalue weighted by molar-refractivity contribution is 0.0403. The lowest BCUT2D eigenvalue weighted by atomic mass is 10.2. The summed E-state index contributed by atoms with van der Waals surface area (Å²) in [4.78, 5) is 16.5. The molecule has 0 spiro atoms. The van der Waals surface area contributed by atoms with Crippen molar-refractivity contribution in [2.45, 2.75) is 6.10 Å². The molecule has 1 N–H and O–H groups in total. The highest BCUT2D eigenvalue weighted by atomic mass is 79.9. The Morgan fingerprint density at radius 3 is 2.30 bits per heavy atom. The Morgan fingerprint density at radius 2 is 1.67 bits per heavy atom. The highest BCUT2D eigenvalue weighted by molar-refractivity contribution is 9.10. The van der Waals surface area contributed by atoms with Crippen LogP contribution in [0.25, 0.3) is 0 Å². The van der Waals surface area contributed by atoms with Gasteiger partial charge in [-0.2, -0.15) is 0 Å². The average Bonchev–Trinajstić information content (AvgIpc) is 2.68. The van der Waals surface area contributed by atoms with E-state index in [1.54, 1.807) is 0 Å². The molecule has 0 bridgehead atoms. The average molecular weight is 456 g/mol. The third-order valence-electron chi connectivity index (χ3n) is 4.41. The molecule has 1 aliphatic heterocycles. The third kappa shape index (κ3) is 6.50. The molecule has 146 valence electrons. The fourth-order valence-corrected chi connectivity index (χ4v) is 3.24. The predicted octanol–water partition coefficient (Wildman–Crippen LogP) is 3.07. The van der Waals surface area contributed by atoms with E-state index in [1.165, 1.54) is 0 Å². The van der Waals surface area contributed by atoms with Crippen molar-refractivity contribution in [3.8, 4) is 5.75 Å². The Labute approximate surface area is 174 Å². The van der Waals surface area contributed by atoms with Gasteiger partial charge in [0.15, 0.2) is 0 Å². The molecule has 2 aromatic rings. The van der Waals surface area contributed by atoms with Crippen LogP contribution in [-0.4, -0.2) is 66.2 Å². The first-order valence-corrected chi connectivity index (χ1v) is 9.54. The summed E-state index contributed by atoms with van der Waals surface area (Å²) in [6.45, 7) is 3.67. The second kappa shape index (κ2) is 10.7. The van der Waals surface area contributed by atoms with Crippen LogP contribution in [0.15, 0.2) is 59.1 Å². The van der Waals surface area contributed by atoms with E-state index in [4.69, 9.17) is 4.74 Å². The zero-order chi connectivity index (χ0) is 18.4. The summed E-state index contributed by atoms with van der Waals surface area (Å²) < 4.78 is 6.61. The van der Waals surface area contributed by atoms with Gasteiger partial charge in [0, 0.05) is 42.8 Å². The van der Waals surface area contributed by atoms with E-state index < -0.39 is 6.10 Å². The first kappa shape index (κ1) is 21.7. The molecule has 3 rings (SSSR count). The minimum atomic E-state index is -0.560. The number of carbonyl (C=O) groups excluding carboxylic acids is 1. The highest BCUT2D eigenvalue weighted by Crippen LogP contribution is 2.16. The van der Waals surface area contributed by atoms with E-state index in [1.807, 2.05) is 59.5 Å². The Balaban J connectivity index is 0.00000261. The number of hydrogen-bond donors (Lipinski definition) is 1. The van der Waals surface area contributed by atoms with Crippen LogP contribution in [0.5, 0.6) is 5.75 Å². The van der Waals surface area contributed by atoms with Crippen molar-refractivity contribution in [1.82, 2.24) is 9.80 Å². The molecule has 1 aliphatic rings. The third-order valence-corrected chi connectivity index (χ3v) is 4.93. The van der Waals surface area contributed by atoms with E-state index in [0.29, 0.717) is 19.6 Å². The van der Waals surface area contributed by atoms with Crippen molar-refractivity contribution in [2.75, 3.05) is 39.3 Å². The first-order valence-electron chi connectivity index (χ1n) is 8.75. The molecule has 2 aromatic carbocycles. The van der Waals surface area contributed by atoms with Crippen molar-refractivity contribution in [1.29, 1.82) is 0 Å². The summed E-state index contributed by atoms with van der Waals surface area (Å²) >= 11 is 3.38. The monoisotopic (exact) mass is 454 g/mol. The number of benzene rings is 2. The van der Waals surface area contributed by atoms with E-state index in [9.17, 15) is 9.90 Å². The van der Waals surface area contributed by atoms with E-state index in [0.717, 1.165) is 28.9 Å². The van der Waals surface area contributed by atoms with Gasteiger partial charge in [-0.05, 0) is 36.4 Å². The predicted molar refractivity (Wildman–Crippen MR) is 112 cm³/mol. The molecule has 1 amide bonds. The molecule has 0 saturated carbocycles. The number of aliphatic hydroxyl groups excluding tert-OH is 1. The molecule has 27 heavy (non-hydrogen) atoms. The van der Waals surface area contributed by atoms with Crippen molar-refractivity contribution in [3.63, 3.8) is 0 Å². The van der Waals surface area contributed by atoms with Gasteiger partial charge in [-0.1, -0.05) is 34.1 Å². The molecule has 5 nitrogen and oxygen atoms in total. The Kier molecular flexibility index (Phi) is 8.57. The van der Waals surface area contributed by atoms with Gasteiger partial charge >= 0.3 is 0 Å². The summed E-state index contributed by atoms with van der Waals surface area (Å²) in [6.07, 6.45) is -0.560. The van der Waals surface area contributed by atoms with Crippen molar-refractivity contribution < 1.29 is 14.6 Å². The molecular weight excluding hydrogens is 432 g/mol. The fraction of sp³-hybridized carbons (Fsp3) is 0.350. The van der Waals surface area contributed by atoms with Gasteiger partial charge in [-0.15, -0.1) is 12.4 Å². The number of amides is 1. The minimum Gasteiger partial charge on any atom is -0.491 e. The zero-order valence-corrected chi connectivity index (χ0v) is 17.4. The minimum absolute atomic E-state index is 0. The summed E-state index contributed by atoms with van der Waals surface area (Å²) in [6, 6.07) is 16.9. The Hall–Kier alpha value is -1.60. The second-order valence-corrected chi connectivity index (χ2v) is 7.29. The molecule has 1 saturated heterocycles. The van der Waals surface area contributed by atoms with E-state index in [2.05, 4.69) is 20.8 Å². The molecule has 1 atom stereocenters. The van der Waals surface area contributed by atoms with Crippen LogP contribution in [-0.2, 0) is 0 Å². The number of carbonyl (C=O) groups is 1. The fourth-order valence-electron chi connectivity index (χ4n) is 2.97. The van der Waals surface area contributed by atoms with Crippen LogP contribution in [0.2, 0.25) is 0 Å². The van der Waals surface area contributed by atoms with Crippen LogP contribution in [0.1, 0.15) is 10.4 Å². The molecule has 1 heterocycles. The number of ether oxygens (including phenoxy) is 1. The van der Waals surface area contributed by atoms with Gasteiger partial charge in [-0.3, -0.25) is 9.69 Å². The van der Waals surface area contributed by atoms with Crippen LogP contribution in [0.3, 0.4) is 0 Å². The maximum Gasteiger partial charge on any atom is 0.253 e. The van der Waals surface area contributed by atoms with Gasteiger partial charge < -0.3 is 14.7 Å². The lowest BCUT2D eigenvalue weighted by Gasteiger charge is -2.35. The summed E-state index contributed by atoms with van der Waals surface area (Å²) in [5.41, 5.74) is 0.726. The van der Waals surface area contributed by atoms with Crippen LogP contribution in [0, 0.1) is 0 Å². The maximum atomic E-state index is 12.4. The van der Waals surface area contributed by atoms with Crippen molar-refractivity contribution in [2.24, 2.45) is 0 Å². The quantitative estimate of drug-likeness (QED) is 0.727. The normalized spacial score (nSPS) is 15.7. The largest absolute Gasteiger partial charge is 0.491 e. The Morgan fingerprint density at radius 1 is 1.04 bits per heavy atom. The zero-order valence-electron chi connectivity index (χ0n) is 15.0. The lowest BCUT2D eigenvalue weighted by Crippen LogP contribution is -2.50. The number of piperazine rings is 1. The smallest absolute Gasteiger partial charge is 0.253 e. The summed E-state index contributed by atoms with van der Waals surface area (Å²) in [5, 5.41) is 10.2. The topological polar surface area (TPSA) is 53.0 Å². The molecule has 0 aliphatic carbocycles. The van der Waals surface area contributed by atoms with Crippen LogP contribution < -0.4 is 4.74 Å². The molecule has 0 radical (unpaired) electrons. The van der Waals surface area contributed by atoms with Crippen molar-refractivity contribution in [3.05, 3.63) is 64.6 Å². The van der Waals surface area contributed by atoms with Gasteiger partial charge in [0.1, 0.15) is 18.5 Å². The van der Waals surface area contributed by atoms with Gasteiger partial charge in [0.2, 0.25) is 0 Å². The Bertz CT molecular complexity index is 707. The molecule has 1 fully saturated rings. The molecular formula is C20H24BrClN2O3. The number of aliphatic hydroxyl groups is 1. The van der Waals surface area contributed by atoms with Gasteiger partial charge in [-0.25, -0.2) is 0 Å². The first-order chi connectivity index (χ1) is 12.6. The number of rotatable bonds is 6. The second-order valence-electron chi connectivity index (χ2n) is 6.38. The van der Waals surface area contributed by atoms with Crippen molar-refractivity contribution >= 4 is 34.2 Å². The number of hydrogen-bond acceptors (Lipinski definition) is 4. The maximum absolute atomic E-state index is 12.4. The SMILES string of the molecule is Cl.O=C(c1ccccc1)N1CCN(CC(O)COc2ccc(Br)cc2)CC1. The standard InChI is InChI=1S/C20H23BrN2O3.ClH/c21-17-6-8-19(9-7-17)26-15-18(24)14-22-10-12-23(13-11-22)20(25)16-4-2-1-3-5-16;/h1-9,18,24H,10-15H2;1H. The summed E-state index contributed by atoms with van der Waals surface area (Å²) in [5.74, 6) is 0.815. The van der Waals surface area contributed by atoms with Gasteiger partial charge in [0.25, 0.3) is 5.91 Å². The molecule has 7 heteroatoms. The number of β-amino-alcohol motifs (C(OH)–C–C–N with tert-alkyl or cyclic N) is 1. The molecule has 0 aromatic heterocycles. The summed E-state index contributed by atoms with van der Waals surface area (Å²) in [7, 11) is 0. The van der Waals surface area contributed by atoms with E-state index in [-0.39, 0.29) is 24.9 Å². The van der Waals surface area contributed by atoms with E-state index >= 15 is 0 Å².